The van der Waals surface area contributed by atoms with Crippen molar-refractivity contribution >= 4 is 11.8 Å². The van der Waals surface area contributed by atoms with E-state index in [0.717, 1.165) is 30.6 Å². The molecule has 0 radical (unpaired) electrons. The van der Waals surface area contributed by atoms with E-state index in [4.69, 9.17) is 4.74 Å². The van der Waals surface area contributed by atoms with Crippen LogP contribution in [0.15, 0.2) is 0 Å². The fourth-order valence-electron chi connectivity index (χ4n) is 6.72. The lowest BCUT2D eigenvalue weighted by atomic mass is 9.64. The molecule has 3 saturated carbocycles. The van der Waals surface area contributed by atoms with Crippen LogP contribution in [0.4, 0.5) is 0 Å². The van der Waals surface area contributed by atoms with Crippen molar-refractivity contribution in [3.05, 3.63) is 0 Å². The zero-order valence-corrected chi connectivity index (χ0v) is 19.7. The summed E-state index contributed by atoms with van der Waals surface area (Å²) in [4.78, 5) is 24.7. The number of Topliss-reactive ketones (excluding diaryl/α,β-unsaturated/α-hetero) is 1. The van der Waals surface area contributed by atoms with Crippen LogP contribution in [0.3, 0.4) is 0 Å². The van der Waals surface area contributed by atoms with Gasteiger partial charge in [0.15, 0.2) is 0 Å². The van der Waals surface area contributed by atoms with Gasteiger partial charge in [-0.25, -0.2) is 0 Å². The highest BCUT2D eigenvalue weighted by molar-refractivity contribution is 5.99. The second-order valence-electron chi connectivity index (χ2n) is 10.7. The molecule has 3 nitrogen and oxygen atoms in total. The fourth-order valence-corrected chi connectivity index (χ4v) is 6.72. The molecule has 0 aromatic rings. The molecule has 0 saturated heterocycles. The van der Waals surface area contributed by atoms with Crippen molar-refractivity contribution in [2.75, 3.05) is 6.61 Å². The van der Waals surface area contributed by atoms with Gasteiger partial charge in [0.2, 0.25) is 0 Å². The second kappa shape index (κ2) is 12.2. The Morgan fingerprint density at radius 1 is 0.767 bits per heavy atom. The summed E-state index contributed by atoms with van der Waals surface area (Å²) in [6.07, 6.45) is 20.1. The van der Waals surface area contributed by atoms with E-state index >= 15 is 0 Å². The van der Waals surface area contributed by atoms with Crippen LogP contribution in [0.2, 0.25) is 0 Å². The minimum absolute atomic E-state index is 0.149. The van der Waals surface area contributed by atoms with Gasteiger partial charge in [0, 0.05) is 6.42 Å². The topological polar surface area (TPSA) is 43.4 Å². The van der Waals surface area contributed by atoms with Crippen LogP contribution < -0.4 is 0 Å². The number of carbonyl (C=O) groups is 2. The molecule has 3 heteroatoms. The zero-order chi connectivity index (χ0) is 21.3. The Balaban J connectivity index is 1.36. The molecule has 30 heavy (non-hydrogen) atoms. The molecule has 0 N–H and O–H groups in total. The van der Waals surface area contributed by atoms with Crippen LogP contribution in [-0.4, -0.2) is 18.4 Å². The molecular formula is C27H46O3. The largest absolute Gasteiger partial charge is 0.465 e. The van der Waals surface area contributed by atoms with Gasteiger partial charge in [-0.2, -0.15) is 0 Å². The first kappa shape index (κ1) is 23.8. The highest BCUT2D eigenvalue weighted by Gasteiger charge is 2.39. The molecule has 2 atom stereocenters. The maximum Gasteiger partial charge on any atom is 0.316 e. The summed E-state index contributed by atoms with van der Waals surface area (Å²) in [5.74, 6) is 3.55. The van der Waals surface area contributed by atoms with Crippen molar-refractivity contribution < 1.29 is 14.3 Å². The summed E-state index contributed by atoms with van der Waals surface area (Å²) < 4.78 is 5.24. The Hall–Kier alpha value is -0.860. The molecule has 3 aliphatic carbocycles. The summed E-state index contributed by atoms with van der Waals surface area (Å²) in [6.45, 7) is 4.73. The molecular weight excluding hydrogens is 372 g/mol. The average molecular weight is 419 g/mol. The molecule has 0 aliphatic heterocycles. The van der Waals surface area contributed by atoms with E-state index in [1.165, 1.54) is 77.0 Å². The van der Waals surface area contributed by atoms with Crippen LogP contribution in [-0.2, 0) is 14.3 Å². The standard InChI is InChI=1S/C27H46O3/c1-3-5-6-7-20-8-10-21(11-9-20)22-12-14-23(15-13-22)24-16-17-25(26(28)19-24)27(29)30-18-4-2/h20-25H,3-19H2,1-2H3/t20-,21-,22-,23-,24?,25?. The van der Waals surface area contributed by atoms with E-state index in [9.17, 15) is 9.59 Å². The molecule has 0 spiro atoms. The van der Waals surface area contributed by atoms with Gasteiger partial charge in [-0.05, 0) is 87.4 Å². The molecule has 0 aromatic heterocycles. The van der Waals surface area contributed by atoms with Crippen LogP contribution in [0.5, 0.6) is 0 Å². The first-order chi connectivity index (χ1) is 14.6. The van der Waals surface area contributed by atoms with Gasteiger partial charge >= 0.3 is 5.97 Å². The van der Waals surface area contributed by atoms with Crippen molar-refractivity contribution in [1.82, 2.24) is 0 Å². The lowest BCUT2D eigenvalue weighted by molar-refractivity contribution is -0.154. The number of ketones is 1. The molecule has 3 fully saturated rings. The highest BCUT2D eigenvalue weighted by atomic mass is 16.5. The van der Waals surface area contributed by atoms with E-state index in [1.807, 2.05) is 6.92 Å². The smallest absolute Gasteiger partial charge is 0.316 e. The Labute approximate surface area is 185 Å². The highest BCUT2D eigenvalue weighted by Crippen LogP contribution is 2.46. The molecule has 2 unspecified atom stereocenters. The van der Waals surface area contributed by atoms with E-state index in [0.29, 0.717) is 31.3 Å². The van der Waals surface area contributed by atoms with E-state index < -0.39 is 5.92 Å². The molecule has 3 aliphatic rings. The molecule has 3 rings (SSSR count). The van der Waals surface area contributed by atoms with Gasteiger partial charge in [0.05, 0.1) is 6.61 Å². The Morgan fingerprint density at radius 2 is 1.33 bits per heavy atom. The number of rotatable bonds is 9. The van der Waals surface area contributed by atoms with Crippen molar-refractivity contribution in [3.8, 4) is 0 Å². The van der Waals surface area contributed by atoms with E-state index in [2.05, 4.69) is 6.92 Å². The van der Waals surface area contributed by atoms with Gasteiger partial charge in [-0.1, -0.05) is 52.4 Å². The van der Waals surface area contributed by atoms with Crippen LogP contribution >= 0.6 is 0 Å². The molecule has 0 bridgehead atoms. The second-order valence-corrected chi connectivity index (χ2v) is 10.7. The number of ether oxygens (including phenoxy) is 1. The quantitative estimate of drug-likeness (QED) is 0.227. The Morgan fingerprint density at radius 3 is 1.90 bits per heavy atom. The van der Waals surface area contributed by atoms with E-state index in [-0.39, 0.29) is 11.8 Å². The minimum Gasteiger partial charge on any atom is -0.465 e. The third-order valence-electron chi connectivity index (χ3n) is 8.67. The maximum absolute atomic E-state index is 12.6. The predicted octanol–water partition coefficient (Wildman–Crippen LogP) is 7.12. The van der Waals surface area contributed by atoms with Crippen LogP contribution in [0.1, 0.15) is 117 Å². The summed E-state index contributed by atoms with van der Waals surface area (Å²) in [5, 5.41) is 0. The zero-order valence-electron chi connectivity index (χ0n) is 19.7. The maximum atomic E-state index is 12.6. The molecule has 0 aromatic carbocycles. The van der Waals surface area contributed by atoms with Gasteiger partial charge < -0.3 is 4.74 Å². The van der Waals surface area contributed by atoms with Crippen molar-refractivity contribution in [3.63, 3.8) is 0 Å². The Bertz CT molecular complexity index is 526. The van der Waals surface area contributed by atoms with E-state index in [1.54, 1.807) is 0 Å². The van der Waals surface area contributed by atoms with Crippen molar-refractivity contribution in [2.45, 2.75) is 117 Å². The van der Waals surface area contributed by atoms with Gasteiger partial charge in [0.25, 0.3) is 0 Å². The van der Waals surface area contributed by atoms with Gasteiger partial charge in [-0.3, -0.25) is 9.59 Å². The number of esters is 1. The summed E-state index contributed by atoms with van der Waals surface area (Å²) in [5.41, 5.74) is 0. The molecule has 0 heterocycles. The Kier molecular flexibility index (Phi) is 9.71. The third kappa shape index (κ3) is 6.57. The van der Waals surface area contributed by atoms with Gasteiger partial charge in [-0.15, -0.1) is 0 Å². The number of carbonyl (C=O) groups excluding carboxylic acids is 2. The summed E-state index contributed by atoms with van der Waals surface area (Å²) >= 11 is 0. The number of hydrogen-bond acceptors (Lipinski definition) is 3. The van der Waals surface area contributed by atoms with Gasteiger partial charge in [0.1, 0.15) is 11.7 Å². The lowest BCUT2D eigenvalue weighted by Gasteiger charge is -2.41. The monoisotopic (exact) mass is 418 g/mol. The molecule has 172 valence electrons. The summed E-state index contributed by atoms with van der Waals surface area (Å²) in [6, 6.07) is 0. The first-order valence-corrected chi connectivity index (χ1v) is 13.3. The predicted molar refractivity (Wildman–Crippen MR) is 122 cm³/mol. The molecule has 0 amide bonds. The van der Waals surface area contributed by atoms with Crippen LogP contribution in [0.25, 0.3) is 0 Å². The van der Waals surface area contributed by atoms with Crippen LogP contribution in [0, 0.1) is 35.5 Å². The average Bonchev–Trinajstić information content (AvgIpc) is 2.78. The van der Waals surface area contributed by atoms with Crippen molar-refractivity contribution in [2.24, 2.45) is 35.5 Å². The number of hydrogen-bond donors (Lipinski definition) is 0. The number of unbranched alkanes of at least 4 members (excludes halogenated alkanes) is 2. The normalized spacial score (nSPS) is 35.2. The third-order valence-corrected chi connectivity index (χ3v) is 8.67. The minimum atomic E-state index is -0.475. The van der Waals surface area contributed by atoms with Crippen molar-refractivity contribution in [1.29, 1.82) is 0 Å². The fraction of sp³-hybridized carbons (Fsp3) is 0.926. The first-order valence-electron chi connectivity index (χ1n) is 13.3. The summed E-state index contributed by atoms with van der Waals surface area (Å²) in [7, 11) is 0. The lowest BCUT2D eigenvalue weighted by Crippen LogP contribution is -2.36. The SMILES string of the molecule is CCCCC[C@H]1CC[C@H]([C@H]2CC[C@H](C3CCC(C(=O)OCCC)C(=O)C3)CC2)CC1.